The molecule has 7 heteroatoms. The summed E-state index contributed by atoms with van der Waals surface area (Å²) in [5.74, 6) is 2.25. The van der Waals surface area contributed by atoms with Crippen molar-refractivity contribution < 1.29 is 19.0 Å². The number of piperazine rings is 1. The molecule has 2 aliphatic rings. The number of anilines is 2. The summed E-state index contributed by atoms with van der Waals surface area (Å²) in [6, 6.07) is 13.3. The normalized spacial score (nSPS) is 17.5. The number of para-hydroxylation sites is 2. The molecule has 0 aliphatic carbocycles. The molecule has 1 saturated heterocycles. The minimum Gasteiger partial charge on any atom is -0.495 e. The maximum absolute atomic E-state index is 12.8. The molecule has 1 amide bonds. The number of ether oxygens (including phenoxy) is 3. The van der Waals surface area contributed by atoms with Gasteiger partial charge in [0.15, 0.2) is 11.5 Å². The predicted octanol–water partition coefficient (Wildman–Crippen LogP) is 2.62. The van der Waals surface area contributed by atoms with Crippen LogP contribution in [-0.4, -0.2) is 63.4 Å². The largest absolute Gasteiger partial charge is 0.495 e. The lowest BCUT2D eigenvalue weighted by Gasteiger charge is -2.38. The van der Waals surface area contributed by atoms with Gasteiger partial charge in [-0.1, -0.05) is 12.1 Å². The van der Waals surface area contributed by atoms with Crippen LogP contribution >= 0.6 is 0 Å². The summed E-state index contributed by atoms with van der Waals surface area (Å²) in [7, 11) is 1.69. The summed E-state index contributed by atoms with van der Waals surface area (Å²) >= 11 is 0. The topological polar surface area (TPSA) is 63.3 Å². The van der Waals surface area contributed by atoms with Crippen molar-refractivity contribution in [3.05, 3.63) is 42.5 Å². The fourth-order valence-corrected chi connectivity index (χ4v) is 3.77. The summed E-state index contributed by atoms with van der Waals surface area (Å²) < 4.78 is 16.6. The molecule has 1 N–H and O–H groups in total. The van der Waals surface area contributed by atoms with Crippen LogP contribution in [0.1, 0.15) is 6.92 Å². The molecule has 2 aliphatic heterocycles. The van der Waals surface area contributed by atoms with Crippen LogP contribution in [0.3, 0.4) is 0 Å². The Morgan fingerprint density at radius 1 is 1.03 bits per heavy atom. The molecule has 0 spiro atoms. The van der Waals surface area contributed by atoms with E-state index in [1.54, 1.807) is 7.11 Å². The molecule has 0 aromatic heterocycles. The molecule has 0 radical (unpaired) electrons. The summed E-state index contributed by atoms with van der Waals surface area (Å²) in [5, 5.41) is 3.00. The number of carbonyl (C=O) groups excluding carboxylic acids is 1. The number of amides is 1. The monoisotopic (exact) mass is 397 g/mol. The lowest BCUT2D eigenvalue weighted by atomic mass is 10.1. The van der Waals surface area contributed by atoms with Gasteiger partial charge in [-0.3, -0.25) is 9.69 Å². The minimum atomic E-state index is -0.219. The molecule has 2 aromatic rings. The summed E-state index contributed by atoms with van der Waals surface area (Å²) in [6.45, 7) is 6.35. The maximum Gasteiger partial charge on any atom is 0.241 e. The zero-order valence-electron chi connectivity index (χ0n) is 16.9. The number of nitrogens with zero attached hydrogens (tertiary/aromatic N) is 2. The van der Waals surface area contributed by atoms with Crippen LogP contribution < -0.4 is 24.4 Å². The number of benzene rings is 2. The maximum atomic E-state index is 12.8. The first-order chi connectivity index (χ1) is 14.2. The Bertz CT molecular complexity index is 865. The zero-order chi connectivity index (χ0) is 20.2. The fraction of sp³-hybridized carbons (Fsp3) is 0.409. The number of methoxy groups -OCH3 is 1. The minimum absolute atomic E-state index is 0.0209. The van der Waals surface area contributed by atoms with Crippen LogP contribution in [0, 0.1) is 0 Å². The van der Waals surface area contributed by atoms with E-state index in [2.05, 4.69) is 21.2 Å². The van der Waals surface area contributed by atoms with Crippen molar-refractivity contribution in [3.63, 3.8) is 0 Å². The van der Waals surface area contributed by atoms with Gasteiger partial charge in [0.1, 0.15) is 19.0 Å². The van der Waals surface area contributed by atoms with Crippen LogP contribution in [-0.2, 0) is 4.79 Å². The molecule has 2 aromatic carbocycles. The average Bonchev–Trinajstić information content (AvgIpc) is 2.78. The first-order valence-corrected chi connectivity index (χ1v) is 9.98. The Hall–Kier alpha value is -2.93. The van der Waals surface area contributed by atoms with E-state index < -0.39 is 0 Å². The highest BCUT2D eigenvalue weighted by molar-refractivity contribution is 5.94. The average molecular weight is 397 g/mol. The van der Waals surface area contributed by atoms with Crippen LogP contribution in [0.25, 0.3) is 0 Å². The number of hydrogen-bond donors (Lipinski definition) is 1. The predicted molar refractivity (Wildman–Crippen MR) is 112 cm³/mol. The Morgan fingerprint density at radius 2 is 1.76 bits per heavy atom. The van der Waals surface area contributed by atoms with Gasteiger partial charge < -0.3 is 24.4 Å². The van der Waals surface area contributed by atoms with E-state index >= 15 is 0 Å². The van der Waals surface area contributed by atoms with Gasteiger partial charge in [-0.15, -0.1) is 0 Å². The zero-order valence-corrected chi connectivity index (χ0v) is 16.9. The molecule has 29 heavy (non-hydrogen) atoms. The standard InChI is InChI=1S/C22H27N3O4/c1-16(22(26)23-17-7-8-20-21(15-17)29-14-13-28-20)24-9-11-25(12-10-24)18-5-3-4-6-19(18)27-2/h3-8,15-16H,9-14H2,1-2H3,(H,23,26)/t16-/m1/s1. The molecule has 7 nitrogen and oxygen atoms in total. The lowest BCUT2D eigenvalue weighted by molar-refractivity contribution is -0.120. The summed E-state index contributed by atoms with van der Waals surface area (Å²) in [6.07, 6.45) is 0. The van der Waals surface area contributed by atoms with E-state index in [0.717, 1.165) is 49.1 Å². The molecule has 0 saturated carbocycles. The van der Waals surface area contributed by atoms with Crippen molar-refractivity contribution in [3.8, 4) is 17.2 Å². The molecule has 0 unspecified atom stereocenters. The number of fused-ring (bicyclic) bond motifs is 1. The number of carbonyl (C=O) groups is 1. The van der Waals surface area contributed by atoms with Crippen molar-refractivity contribution in [2.24, 2.45) is 0 Å². The second-order valence-corrected chi connectivity index (χ2v) is 7.22. The van der Waals surface area contributed by atoms with Gasteiger partial charge in [-0.25, -0.2) is 0 Å². The van der Waals surface area contributed by atoms with Gasteiger partial charge in [0.05, 0.1) is 18.8 Å². The first-order valence-electron chi connectivity index (χ1n) is 9.98. The number of hydrogen-bond acceptors (Lipinski definition) is 6. The molecule has 4 rings (SSSR count). The highest BCUT2D eigenvalue weighted by atomic mass is 16.6. The van der Waals surface area contributed by atoms with E-state index in [9.17, 15) is 4.79 Å². The van der Waals surface area contributed by atoms with Gasteiger partial charge in [0, 0.05) is 37.9 Å². The molecular formula is C22H27N3O4. The molecule has 1 fully saturated rings. The van der Waals surface area contributed by atoms with Crippen molar-refractivity contribution in [1.82, 2.24) is 4.90 Å². The Kier molecular flexibility index (Phi) is 5.76. The van der Waals surface area contributed by atoms with Gasteiger partial charge in [-0.2, -0.15) is 0 Å². The quantitative estimate of drug-likeness (QED) is 0.837. The molecular weight excluding hydrogens is 370 g/mol. The highest BCUT2D eigenvalue weighted by Gasteiger charge is 2.27. The van der Waals surface area contributed by atoms with E-state index in [-0.39, 0.29) is 11.9 Å². The van der Waals surface area contributed by atoms with Crippen LogP contribution in [0.2, 0.25) is 0 Å². The Labute approximate surface area is 171 Å². The second kappa shape index (κ2) is 8.61. The van der Waals surface area contributed by atoms with E-state index in [1.807, 2.05) is 43.3 Å². The fourth-order valence-electron chi connectivity index (χ4n) is 3.77. The number of rotatable bonds is 5. The van der Waals surface area contributed by atoms with Crippen molar-refractivity contribution in [1.29, 1.82) is 0 Å². The van der Waals surface area contributed by atoms with E-state index in [0.29, 0.717) is 19.0 Å². The van der Waals surface area contributed by atoms with Crippen molar-refractivity contribution in [2.45, 2.75) is 13.0 Å². The van der Waals surface area contributed by atoms with Gasteiger partial charge in [0.25, 0.3) is 0 Å². The first kappa shape index (κ1) is 19.4. The van der Waals surface area contributed by atoms with Gasteiger partial charge in [-0.05, 0) is 31.2 Å². The third-order valence-corrected chi connectivity index (χ3v) is 5.48. The molecule has 2 heterocycles. The third kappa shape index (κ3) is 4.24. The number of nitrogens with one attached hydrogen (secondary N) is 1. The summed E-state index contributed by atoms with van der Waals surface area (Å²) in [4.78, 5) is 17.3. The Balaban J connectivity index is 1.34. The van der Waals surface area contributed by atoms with Crippen LogP contribution in [0.5, 0.6) is 17.2 Å². The van der Waals surface area contributed by atoms with Gasteiger partial charge >= 0.3 is 0 Å². The van der Waals surface area contributed by atoms with E-state index in [4.69, 9.17) is 14.2 Å². The lowest BCUT2D eigenvalue weighted by Crippen LogP contribution is -2.52. The third-order valence-electron chi connectivity index (χ3n) is 5.48. The highest BCUT2D eigenvalue weighted by Crippen LogP contribution is 2.33. The smallest absolute Gasteiger partial charge is 0.241 e. The second-order valence-electron chi connectivity index (χ2n) is 7.22. The van der Waals surface area contributed by atoms with Crippen LogP contribution in [0.15, 0.2) is 42.5 Å². The van der Waals surface area contributed by atoms with Crippen LogP contribution in [0.4, 0.5) is 11.4 Å². The molecule has 1 atom stereocenters. The summed E-state index contributed by atoms with van der Waals surface area (Å²) in [5.41, 5.74) is 1.82. The SMILES string of the molecule is COc1ccccc1N1CCN([C@H](C)C(=O)Nc2ccc3c(c2)OCCO3)CC1. The molecule has 0 bridgehead atoms. The Morgan fingerprint density at radius 3 is 2.52 bits per heavy atom. The van der Waals surface area contributed by atoms with Crippen molar-refractivity contribution >= 4 is 17.3 Å². The molecule has 154 valence electrons. The van der Waals surface area contributed by atoms with Gasteiger partial charge in [0.2, 0.25) is 5.91 Å². The van der Waals surface area contributed by atoms with Crippen molar-refractivity contribution in [2.75, 3.05) is 56.7 Å². The van der Waals surface area contributed by atoms with E-state index in [1.165, 1.54) is 0 Å².